The van der Waals surface area contributed by atoms with Crippen LogP contribution in [-0.2, 0) is 16.6 Å². The molecule has 0 unspecified atom stereocenters. The minimum Gasteiger partial charge on any atom is -0.331 e. The van der Waals surface area contributed by atoms with E-state index in [2.05, 4.69) is 25.6 Å². The number of hydrogen-bond donors (Lipinski definition) is 1. The molecule has 1 heterocycles. The van der Waals surface area contributed by atoms with Gasteiger partial charge in [-0.05, 0) is 66.9 Å². The summed E-state index contributed by atoms with van der Waals surface area (Å²) in [6.07, 6.45) is 5.34. The normalized spacial score (nSPS) is 13.6. The van der Waals surface area contributed by atoms with Crippen LogP contribution in [0, 0.1) is 0 Å². The Morgan fingerprint density at radius 3 is 2.53 bits per heavy atom. The van der Waals surface area contributed by atoms with Gasteiger partial charge in [-0.25, -0.2) is 8.42 Å². The smallest absolute Gasteiger partial charge is 0.261 e. The average Bonchev–Trinajstić information content (AvgIpc) is 3.59. The number of amides is 1. The SMILES string of the molecule is O=C(c1cccc(S(=O)(=O)Nc2ccc(Br)cc2)c1)N(Cc1cccnc1)C1CC1. The van der Waals surface area contributed by atoms with Gasteiger partial charge in [0.15, 0.2) is 0 Å². The molecule has 1 N–H and O–H groups in total. The van der Waals surface area contributed by atoms with Crippen molar-refractivity contribution in [2.75, 3.05) is 4.72 Å². The topological polar surface area (TPSA) is 79.4 Å². The number of rotatable bonds is 7. The molecule has 8 heteroatoms. The summed E-state index contributed by atoms with van der Waals surface area (Å²) in [5, 5.41) is 0. The number of benzene rings is 2. The number of halogens is 1. The molecule has 1 aliphatic carbocycles. The number of nitrogens with zero attached hydrogens (tertiary/aromatic N) is 2. The van der Waals surface area contributed by atoms with Crippen molar-refractivity contribution in [3.05, 3.63) is 88.7 Å². The summed E-state index contributed by atoms with van der Waals surface area (Å²) in [6.45, 7) is 0.450. The standard InChI is InChI=1S/C22H20BrN3O3S/c23-18-6-8-19(9-7-18)25-30(28,29)21-5-1-4-17(13-21)22(27)26(20-10-11-20)15-16-3-2-12-24-14-16/h1-9,12-14,20,25H,10-11,15H2. The molecule has 3 aromatic rings. The molecule has 1 saturated carbocycles. The van der Waals surface area contributed by atoms with E-state index in [1.54, 1.807) is 53.7 Å². The van der Waals surface area contributed by atoms with Crippen LogP contribution in [0.3, 0.4) is 0 Å². The van der Waals surface area contributed by atoms with Gasteiger partial charge >= 0.3 is 0 Å². The van der Waals surface area contributed by atoms with E-state index < -0.39 is 10.0 Å². The largest absolute Gasteiger partial charge is 0.331 e. The highest BCUT2D eigenvalue weighted by Crippen LogP contribution is 2.30. The maximum atomic E-state index is 13.2. The summed E-state index contributed by atoms with van der Waals surface area (Å²) < 4.78 is 29.0. The number of anilines is 1. The van der Waals surface area contributed by atoms with Crippen molar-refractivity contribution in [1.82, 2.24) is 9.88 Å². The van der Waals surface area contributed by atoms with Crippen LogP contribution < -0.4 is 4.72 Å². The molecule has 2 aromatic carbocycles. The molecule has 0 radical (unpaired) electrons. The highest BCUT2D eigenvalue weighted by molar-refractivity contribution is 9.10. The van der Waals surface area contributed by atoms with Crippen LogP contribution >= 0.6 is 15.9 Å². The second-order valence-electron chi connectivity index (χ2n) is 7.17. The van der Waals surface area contributed by atoms with Gasteiger partial charge in [0.25, 0.3) is 15.9 Å². The number of nitrogens with one attached hydrogen (secondary N) is 1. The van der Waals surface area contributed by atoms with Gasteiger partial charge in [-0.2, -0.15) is 0 Å². The molecule has 0 atom stereocenters. The molecular weight excluding hydrogens is 466 g/mol. The lowest BCUT2D eigenvalue weighted by atomic mass is 10.1. The van der Waals surface area contributed by atoms with Crippen molar-refractivity contribution in [2.45, 2.75) is 30.3 Å². The van der Waals surface area contributed by atoms with Gasteiger partial charge in [-0.1, -0.05) is 28.1 Å². The van der Waals surface area contributed by atoms with E-state index in [1.165, 1.54) is 12.1 Å². The molecule has 154 valence electrons. The van der Waals surface area contributed by atoms with Crippen LogP contribution in [0.1, 0.15) is 28.8 Å². The van der Waals surface area contributed by atoms with Crippen molar-refractivity contribution >= 4 is 37.5 Å². The van der Waals surface area contributed by atoms with Gasteiger partial charge in [0, 0.05) is 40.7 Å². The van der Waals surface area contributed by atoms with E-state index in [1.807, 2.05) is 12.1 Å². The first-order valence-electron chi connectivity index (χ1n) is 9.51. The maximum absolute atomic E-state index is 13.2. The Bertz CT molecular complexity index is 1150. The van der Waals surface area contributed by atoms with Crippen LogP contribution in [0.25, 0.3) is 0 Å². The van der Waals surface area contributed by atoms with Gasteiger partial charge in [-0.3, -0.25) is 14.5 Å². The van der Waals surface area contributed by atoms with E-state index >= 15 is 0 Å². The summed E-state index contributed by atoms with van der Waals surface area (Å²) >= 11 is 3.33. The van der Waals surface area contributed by atoms with Crippen molar-refractivity contribution in [3.63, 3.8) is 0 Å². The first-order valence-corrected chi connectivity index (χ1v) is 11.8. The number of sulfonamides is 1. The second kappa shape index (κ2) is 8.57. The minimum absolute atomic E-state index is 0.0494. The lowest BCUT2D eigenvalue weighted by Crippen LogP contribution is -2.32. The lowest BCUT2D eigenvalue weighted by Gasteiger charge is -2.23. The first-order chi connectivity index (χ1) is 14.4. The van der Waals surface area contributed by atoms with Gasteiger partial charge in [0.2, 0.25) is 0 Å². The monoisotopic (exact) mass is 485 g/mol. The predicted molar refractivity (Wildman–Crippen MR) is 119 cm³/mol. The fourth-order valence-electron chi connectivity index (χ4n) is 3.14. The number of carbonyl (C=O) groups excluding carboxylic acids is 1. The second-order valence-corrected chi connectivity index (χ2v) is 9.76. The molecule has 0 saturated heterocycles. The fourth-order valence-corrected chi connectivity index (χ4v) is 4.50. The molecule has 0 bridgehead atoms. The molecule has 1 aromatic heterocycles. The summed E-state index contributed by atoms with van der Waals surface area (Å²) in [5.41, 5.74) is 1.74. The predicted octanol–water partition coefficient (Wildman–Crippen LogP) is 4.45. The molecule has 1 aliphatic rings. The Morgan fingerprint density at radius 2 is 1.87 bits per heavy atom. The minimum atomic E-state index is -3.82. The van der Waals surface area contributed by atoms with Crippen LogP contribution in [-0.4, -0.2) is 30.3 Å². The Balaban J connectivity index is 1.57. The highest BCUT2D eigenvalue weighted by Gasteiger charge is 2.33. The number of carbonyl (C=O) groups is 1. The molecule has 0 aliphatic heterocycles. The number of aromatic nitrogens is 1. The third kappa shape index (κ3) is 4.88. The zero-order chi connectivity index (χ0) is 21.1. The van der Waals surface area contributed by atoms with Crippen molar-refractivity contribution < 1.29 is 13.2 Å². The third-order valence-electron chi connectivity index (χ3n) is 4.81. The highest BCUT2D eigenvalue weighted by atomic mass is 79.9. The quantitative estimate of drug-likeness (QED) is 0.535. The fraction of sp³-hybridized carbons (Fsp3) is 0.182. The van der Waals surface area contributed by atoms with Crippen LogP contribution in [0.5, 0.6) is 0 Å². The summed E-state index contributed by atoms with van der Waals surface area (Å²) in [4.78, 5) is 19.1. The molecule has 1 amide bonds. The lowest BCUT2D eigenvalue weighted by molar-refractivity contribution is 0.0729. The number of hydrogen-bond acceptors (Lipinski definition) is 4. The van der Waals surface area contributed by atoms with Gasteiger partial charge in [-0.15, -0.1) is 0 Å². The zero-order valence-electron chi connectivity index (χ0n) is 16.0. The zero-order valence-corrected chi connectivity index (χ0v) is 18.4. The van der Waals surface area contributed by atoms with Gasteiger partial charge < -0.3 is 4.90 Å². The van der Waals surface area contributed by atoms with E-state index in [0.717, 1.165) is 22.9 Å². The summed E-state index contributed by atoms with van der Waals surface area (Å²) in [7, 11) is -3.82. The van der Waals surface area contributed by atoms with Crippen LogP contribution in [0.15, 0.2) is 82.4 Å². The molecular formula is C22H20BrN3O3S. The van der Waals surface area contributed by atoms with Gasteiger partial charge in [0.05, 0.1) is 4.90 Å². The van der Waals surface area contributed by atoms with Crippen molar-refractivity contribution in [3.8, 4) is 0 Å². The Labute approximate surface area is 184 Å². The Kier molecular flexibility index (Phi) is 5.87. The Morgan fingerprint density at radius 1 is 1.10 bits per heavy atom. The summed E-state index contributed by atoms with van der Waals surface area (Å²) in [5.74, 6) is -0.179. The maximum Gasteiger partial charge on any atom is 0.261 e. The summed E-state index contributed by atoms with van der Waals surface area (Å²) in [6, 6.07) is 17.0. The van der Waals surface area contributed by atoms with Crippen LogP contribution in [0.2, 0.25) is 0 Å². The van der Waals surface area contributed by atoms with Gasteiger partial charge in [0.1, 0.15) is 0 Å². The van der Waals surface area contributed by atoms with E-state index in [0.29, 0.717) is 17.8 Å². The average molecular weight is 486 g/mol. The number of pyridine rings is 1. The molecule has 30 heavy (non-hydrogen) atoms. The molecule has 6 nitrogen and oxygen atoms in total. The molecule has 1 fully saturated rings. The van der Waals surface area contributed by atoms with E-state index in [-0.39, 0.29) is 16.8 Å². The van der Waals surface area contributed by atoms with Crippen molar-refractivity contribution in [2.24, 2.45) is 0 Å². The van der Waals surface area contributed by atoms with Crippen LogP contribution in [0.4, 0.5) is 5.69 Å². The van der Waals surface area contributed by atoms with E-state index in [9.17, 15) is 13.2 Å². The Hall–Kier alpha value is -2.71. The molecule has 0 spiro atoms. The molecule has 4 rings (SSSR count). The third-order valence-corrected chi connectivity index (χ3v) is 6.72. The first kappa shape index (κ1) is 20.6. The van der Waals surface area contributed by atoms with E-state index in [4.69, 9.17) is 0 Å². The van der Waals surface area contributed by atoms with Crippen molar-refractivity contribution in [1.29, 1.82) is 0 Å².